The van der Waals surface area contributed by atoms with E-state index < -0.39 is 0 Å². The number of ether oxygens (including phenoxy) is 1. The third-order valence-corrected chi connectivity index (χ3v) is 14.4. The van der Waals surface area contributed by atoms with Gasteiger partial charge in [0.15, 0.2) is 0 Å². The summed E-state index contributed by atoms with van der Waals surface area (Å²) in [5.74, 6) is 1.86. The Bertz CT molecular complexity index is 3470. The van der Waals surface area contributed by atoms with Crippen LogP contribution >= 0.6 is 0 Å². The van der Waals surface area contributed by atoms with Crippen molar-refractivity contribution in [2.45, 2.75) is 38.5 Å². The average molecular weight is 848 g/mol. The van der Waals surface area contributed by atoms with Crippen LogP contribution in [0.5, 0.6) is 11.5 Å². The molecule has 1 aliphatic heterocycles. The SMILES string of the molecule is CC1(C)c2ccccc2Oc2ccc(-c3ccc(N(c4ccc(-c5ccc6c(c5)C(C)(C)c5cc(-c7ccccc7)ccc5-6)cc4)c4ccc(-c5cccc6ccccc56)cc4)cc3)cc21. The molecule has 0 saturated carbocycles. The lowest BCUT2D eigenvalue weighted by molar-refractivity contribution is 0.418. The normalized spacial score (nSPS) is 13.8. The first-order valence-electron chi connectivity index (χ1n) is 23.1. The Morgan fingerprint density at radius 2 is 0.742 bits per heavy atom. The zero-order valence-electron chi connectivity index (χ0n) is 37.7. The van der Waals surface area contributed by atoms with Crippen LogP contribution in [0.1, 0.15) is 49.9 Å². The Morgan fingerprint density at radius 3 is 1.36 bits per heavy atom. The zero-order chi connectivity index (χ0) is 44.6. The number of hydrogen-bond donors (Lipinski definition) is 0. The Kier molecular flexibility index (Phi) is 9.22. The number of hydrogen-bond acceptors (Lipinski definition) is 2. The first kappa shape index (κ1) is 39.6. The second-order valence-electron chi connectivity index (χ2n) is 18.9. The van der Waals surface area contributed by atoms with Crippen molar-refractivity contribution in [3.05, 3.63) is 247 Å². The molecule has 12 rings (SSSR count). The first-order chi connectivity index (χ1) is 32.2. The van der Waals surface area contributed by atoms with E-state index in [1.807, 2.05) is 6.07 Å². The molecule has 0 saturated heterocycles. The van der Waals surface area contributed by atoms with E-state index in [1.54, 1.807) is 0 Å². The smallest absolute Gasteiger partial charge is 0.131 e. The standard InChI is InChI=1S/C64H49NO/c1-63(2)57-19-10-11-20-61(57)66-62-38-29-49(41-60(62)63)44-23-32-51(33-24-44)65(52-34-25-46(26-35-52)54-18-12-16-45-15-8-9-17-53(45)54)50-30-21-43(22-31-50)48-28-37-56-55-36-27-47(42-13-6-5-7-14-42)39-58(55)64(3,4)59(56)40-48/h5-41H,1-4H3. The number of anilines is 3. The highest BCUT2D eigenvalue weighted by molar-refractivity contribution is 5.97. The summed E-state index contributed by atoms with van der Waals surface area (Å²) in [5, 5.41) is 2.50. The van der Waals surface area contributed by atoms with Crippen LogP contribution in [-0.2, 0) is 10.8 Å². The fraction of sp³-hybridized carbons (Fsp3) is 0.0938. The monoisotopic (exact) mass is 847 g/mol. The topological polar surface area (TPSA) is 12.5 Å². The van der Waals surface area contributed by atoms with Gasteiger partial charge in [-0.3, -0.25) is 0 Å². The van der Waals surface area contributed by atoms with Crippen molar-refractivity contribution in [2.24, 2.45) is 0 Å². The number of nitrogens with zero attached hydrogens (tertiary/aromatic N) is 1. The van der Waals surface area contributed by atoms with E-state index in [0.717, 1.165) is 34.1 Å². The number of para-hydroxylation sites is 1. The minimum absolute atomic E-state index is 0.124. The molecule has 0 N–H and O–H groups in total. The molecule has 0 amide bonds. The molecule has 2 aliphatic rings. The minimum Gasteiger partial charge on any atom is -0.457 e. The van der Waals surface area contributed by atoms with Crippen LogP contribution in [0.4, 0.5) is 17.1 Å². The summed E-state index contributed by atoms with van der Waals surface area (Å²) in [7, 11) is 0. The molecule has 66 heavy (non-hydrogen) atoms. The molecule has 0 aromatic heterocycles. The number of rotatable bonds is 7. The van der Waals surface area contributed by atoms with Crippen molar-refractivity contribution < 1.29 is 4.74 Å². The summed E-state index contributed by atoms with van der Waals surface area (Å²) < 4.78 is 6.40. The molecule has 0 radical (unpaired) electrons. The lowest BCUT2D eigenvalue weighted by atomic mass is 9.75. The van der Waals surface area contributed by atoms with Crippen LogP contribution in [0.2, 0.25) is 0 Å². The van der Waals surface area contributed by atoms with E-state index in [2.05, 4.69) is 251 Å². The fourth-order valence-corrected chi connectivity index (χ4v) is 10.7. The van der Waals surface area contributed by atoms with Crippen molar-refractivity contribution in [3.63, 3.8) is 0 Å². The quantitative estimate of drug-likeness (QED) is 0.158. The minimum atomic E-state index is -0.186. The molecule has 0 bridgehead atoms. The van der Waals surface area contributed by atoms with Gasteiger partial charge in [0, 0.05) is 39.0 Å². The Hall–Kier alpha value is -7.94. The van der Waals surface area contributed by atoms with Crippen molar-refractivity contribution in [1.29, 1.82) is 0 Å². The predicted octanol–water partition coefficient (Wildman–Crippen LogP) is 17.7. The molecular weight excluding hydrogens is 799 g/mol. The van der Waals surface area contributed by atoms with Crippen molar-refractivity contribution in [3.8, 4) is 67.1 Å². The van der Waals surface area contributed by atoms with Crippen LogP contribution in [0.15, 0.2) is 224 Å². The van der Waals surface area contributed by atoms with Crippen LogP contribution in [0.25, 0.3) is 66.4 Å². The van der Waals surface area contributed by atoms with E-state index in [4.69, 9.17) is 4.74 Å². The molecule has 10 aromatic rings. The Morgan fingerprint density at radius 1 is 0.303 bits per heavy atom. The summed E-state index contributed by atoms with van der Waals surface area (Å²) in [4.78, 5) is 2.37. The largest absolute Gasteiger partial charge is 0.457 e. The average Bonchev–Trinajstić information content (AvgIpc) is 3.59. The van der Waals surface area contributed by atoms with Crippen LogP contribution in [0, 0.1) is 0 Å². The molecule has 10 aromatic carbocycles. The van der Waals surface area contributed by atoms with Gasteiger partial charge in [0.25, 0.3) is 0 Å². The van der Waals surface area contributed by atoms with E-state index in [1.165, 1.54) is 83.1 Å². The van der Waals surface area contributed by atoms with Gasteiger partial charge in [-0.2, -0.15) is 0 Å². The fourth-order valence-electron chi connectivity index (χ4n) is 10.7. The molecule has 1 aliphatic carbocycles. The van der Waals surface area contributed by atoms with Crippen molar-refractivity contribution in [1.82, 2.24) is 0 Å². The van der Waals surface area contributed by atoms with Gasteiger partial charge in [-0.15, -0.1) is 0 Å². The Balaban J connectivity index is 0.891. The number of fused-ring (bicyclic) bond motifs is 6. The first-order valence-corrected chi connectivity index (χ1v) is 23.1. The zero-order valence-corrected chi connectivity index (χ0v) is 37.7. The molecule has 1 heterocycles. The molecule has 0 spiro atoms. The summed E-state index contributed by atoms with van der Waals surface area (Å²) in [5.41, 5.74) is 20.5. The maximum Gasteiger partial charge on any atom is 0.131 e. The predicted molar refractivity (Wildman–Crippen MR) is 277 cm³/mol. The van der Waals surface area contributed by atoms with Crippen LogP contribution in [0.3, 0.4) is 0 Å². The van der Waals surface area contributed by atoms with Crippen molar-refractivity contribution in [2.75, 3.05) is 4.90 Å². The van der Waals surface area contributed by atoms with E-state index in [9.17, 15) is 0 Å². The summed E-state index contributed by atoms with van der Waals surface area (Å²) in [6.07, 6.45) is 0. The lowest BCUT2D eigenvalue weighted by Crippen LogP contribution is -2.24. The highest BCUT2D eigenvalue weighted by Crippen LogP contribution is 2.52. The van der Waals surface area contributed by atoms with Gasteiger partial charge in [0.05, 0.1) is 0 Å². The van der Waals surface area contributed by atoms with Gasteiger partial charge in [-0.05, 0) is 144 Å². The van der Waals surface area contributed by atoms with E-state index in [-0.39, 0.29) is 10.8 Å². The maximum absolute atomic E-state index is 6.40. The molecule has 0 fully saturated rings. The molecule has 2 nitrogen and oxygen atoms in total. The lowest BCUT2D eigenvalue weighted by Gasteiger charge is -2.34. The third kappa shape index (κ3) is 6.55. The molecule has 316 valence electrons. The van der Waals surface area contributed by atoms with E-state index >= 15 is 0 Å². The number of benzene rings is 10. The Labute approximate surface area is 388 Å². The summed E-state index contributed by atoms with van der Waals surface area (Å²) >= 11 is 0. The molecule has 2 heteroatoms. The van der Waals surface area contributed by atoms with E-state index in [0.29, 0.717) is 0 Å². The molecule has 0 atom stereocenters. The highest BCUT2D eigenvalue weighted by atomic mass is 16.5. The van der Waals surface area contributed by atoms with Gasteiger partial charge in [-0.25, -0.2) is 0 Å². The van der Waals surface area contributed by atoms with Gasteiger partial charge in [0.1, 0.15) is 11.5 Å². The molecular formula is C64H49NO. The highest BCUT2D eigenvalue weighted by Gasteiger charge is 2.36. The van der Waals surface area contributed by atoms with Gasteiger partial charge in [-0.1, -0.05) is 185 Å². The second-order valence-corrected chi connectivity index (χ2v) is 18.9. The third-order valence-electron chi connectivity index (χ3n) is 14.4. The van der Waals surface area contributed by atoms with Crippen LogP contribution in [-0.4, -0.2) is 0 Å². The van der Waals surface area contributed by atoms with Gasteiger partial charge in [0.2, 0.25) is 0 Å². The summed E-state index contributed by atoms with van der Waals surface area (Å²) in [6, 6.07) is 82.1. The summed E-state index contributed by atoms with van der Waals surface area (Å²) in [6.45, 7) is 9.32. The molecule has 0 unspecified atom stereocenters. The van der Waals surface area contributed by atoms with Crippen molar-refractivity contribution >= 4 is 27.8 Å². The van der Waals surface area contributed by atoms with Gasteiger partial charge >= 0.3 is 0 Å². The van der Waals surface area contributed by atoms with Crippen LogP contribution < -0.4 is 9.64 Å². The maximum atomic E-state index is 6.40. The second kappa shape index (κ2) is 15.4. The van der Waals surface area contributed by atoms with Gasteiger partial charge < -0.3 is 9.64 Å².